The van der Waals surface area contributed by atoms with E-state index in [1.165, 1.54) is 23.9 Å². The molecule has 6 heteroatoms. The molecular formula is C12H22N4O2. The van der Waals surface area contributed by atoms with Crippen LogP contribution in [0.3, 0.4) is 0 Å². The van der Waals surface area contributed by atoms with Crippen molar-refractivity contribution >= 4 is 5.97 Å². The maximum absolute atomic E-state index is 11.6. The number of hydrogen-bond acceptors (Lipinski definition) is 5. The summed E-state index contributed by atoms with van der Waals surface area (Å²) in [6.07, 6.45) is 7.21. The van der Waals surface area contributed by atoms with Crippen molar-refractivity contribution in [3.8, 4) is 0 Å². The lowest BCUT2D eigenvalue weighted by Gasteiger charge is -2.02. The van der Waals surface area contributed by atoms with E-state index in [2.05, 4.69) is 17.2 Å². The molecular weight excluding hydrogens is 232 g/mol. The summed E-state index contributed by atoms with van der Waals surface area (Å²) in [6, 6.07) is 0. The summed E-state index contributed by atoms with van der Waals surface area (Å²) in [4.78, 5) is 11.6. The number of carbonyl (C=O) groups is 1. The normalized spacial score (nSPS) is 10.6. The fourth-order valence-electron chi connectivity index (χ4n) is 1.58. The molecule has 0 saturated heterocycles. The van der Waals surface area contributed by atoms with Gasteiger partial charge in [0, 0.05) is 6.54 Å². The first kappa shape index (κ1) is 14.6. The number of carbonyl (C=O) groups excluding carboxylic acids is 1. The van der Waals surface area contributed by atoms with Crippen LogP contribution in [0, 0.1) is 0 Å². The van der Waals surface area contributed by atoms with Gasteiger partial charge in [-0.05, 0) is 6.42 Å². The third kappa shape index (κ3) is 5.27. The van der Waals surface area contributed by atoms with Crippen LogP contribution in [0.15, 0.2) is 6.20 Å². The van der Waals surface area contributed by atoms with Gasteiger partial charge in [-0.3, -0.25) is 4.68 Å². The van der Waals surface area contributed by atoms with Gasteiger partial charge in [0.2, 0.25) is 0 Å². The van der Waals surface area contributed by atoms with E-state index < -0.39 is 5.97 Å². The van der Waals surface area contributed by atoms with Gasteiger partial charge < -0.3 is 10.5 Å². The Labute approximate surface area is 107 Å². The van der Waals surface area contributed by atoms with Crippen molar-refractivity contribution in [2.75, 3.05) is 13.2 Å². The molecule has 6 nitrogen and oxygen atoms in total. The zero-order valence-corrected chi connectivity index (χ0v) is 11.0. The highest BCUT2D eigenvalue weighted by atomic mass is 16.5. The highest BCUT2D eigenvalue weighted by Gasteiger charge is 2.11. The highest BCUT2D eigenvalue weighted by molar-refractivity contribution is 5.86. The van der Waals surface area contributed by atoms with Crippen LogP contribution in [-0.2, 0) is 11.3 Å². The first-order chi connectivity index (χ1) is 8.77. The minimum absolute atomic E-state index is 0.247. The number of unbranched alkanes of at least 4 members (excludes halogenated alkanes) is 4. The van der Waals surface area contributed by atoms with Crippen molar-refractivity contribution in [3.05, 3.63) is 11.9 Å². The molecule has 0 saturated carbocycles. The molecule has 0 fully saturated rings. The number of nitrogens with two attached hydrogens (primary N) is 1. The topological polar surface area (TPSA) is 83.0 Å². The second kappa shape index (κ2) is 8.63. The average molecular weight is 254 g/mol. The fourth-order valence-corrected chi connectivity index (χ4v) is 1.58. The van der Waals surface area contributed by atoms with Crippen molar-refractivity contribution < 1.29 is 9.53 Å². The lowest BCUT2D eigenvalue weighted by atomic mass is 10.2. The molecule has 1 aromatic heterocycles. The van der Waals surface area contributed by atoms with E-state index in [4.69, 9.17) is 10.5 Å². The molecule has 1 heterocycles. The second-order valence-electron chi connectivity index (χ2n) is 4.21. The van der Waals surface area contributed by atoms with Gasteiger partial charge in [-0.1, -0.05) is 37.8 Å². The highest BCUT2D eigenvalue weighted by Crippen LogP contribution is 2.03. The van der Waals surface area contributed by atoms with Crippen LogP contribution in [0.1, 0.15) is 49.5 Å². The molecule has 0 aliphatic rings. The minimum Gasteiger partial charge on any atom is -0.461 e. The first-order valence-electron chi connectivity index (χ1n) is 6.55. The molecule has 0 aliphatic carbocycles. The predicted molar refractivity (Wildman–Crippen MR) is 68.1 cm³/mol. The van der Waals surface area contributed by atoms with Crippen LogP contribution in [0.2, 0.25) is 0 Å². The summed E-state index contributed by atoms with van der Waals surface area (Å²) in [6.45, 7) is 3.64. The van der Waals surface area contributed by atoms with Crippen molar-refractivity contribution in [2.45, 2.75) is 45.6 Å². The number of rotatable bonds is 9. The molecule has 0 unspecified atom stereocenters. The Morgan fingerprint density at radius 2 is 2.17 bits per heavy atom. The van der Waals surface area contributed by atoms with Gasteiger partial charge in [0.25, 0.3) is 0 Å². The molecule has 0 bridgehead atoms. The van der Waals surface area contributed by atoms with E-state index in [1.54, 1.807) is 6.20 Å². The Bertz CT molecular complexity index is 352. The Morgan fingerprint density at radius 1 is 1.39 bits per heavy atom. The summed E-state index contributed by atoms with van der Waals surface area (Å²) in [7, 11) is 0. The van der Waals surface area contributed by atoms with Crippen LogP contribution in [-0.4, -0.2) is 34.1 Å². The van der Waals surface area contributed by atoms with Crippen molar-refractivity contribution in [3.63, 3.8) is 0 Å². The molecule has 0 spiro atoms. The average Bonchev–Trinajstić information content (AvgIpc) is 2.82. The Morgan fingerprint density at radius 3 is 2.89 bits per heavy atom. The van der Waals surface area contributed by atoms with Gasteiger partial charge in [0.1, 0.15) is 0 Å². The van der Waals surface area contributed by atoms with Gasteiger partial charge in [-0.15, -0.1) is 5.10 Å². The van der Waals surface area contributed by atoms with Crippen LogP contribution in [0.4, 0.5) is 0 Å². The lowest BCUT2D eigenvalue weighted by Crippen LogP contribution is -2.10. The summed E-state index contributed by atoms with van der Waals surface area (Å²) in [5.41, 5.74) is 5.63. The van der Waals surface area contributed by atoms with E-state index in [0.717, 1.165) is 12.8 Å². The summed E-state index contributed by atoms with van der Waals surface area (Å²) < 4.78 is 6.65. The Kier molecular flexibility index (Phi) is 7.01. The van der Waals surface area contributed by atoms with E-state index in [9.17, 15) is 4.79 Å². The SMILES string of the molecule is CCCCCCCOC(=O)c1cn(CCN)nn1. The number of esters is 1. The summed E-state index contributed by atoms with van der Waals surface area (Å²) in [5, 5.41) is 7.53. The van der Waals surface area contributed by atoms with Crippen molar-refractivity contribution in [1.29, 1.82) is 0 Å². The molecule has 0 atom stereocenters. The standard InChI is InChI=1S/C12H22N4O2/c1-2-3-4-5-6-9-18-12(17)11-10-16(8-7-13)15-14-11/h10H,2-9,13H2,1H3. The summed E-state index contributed by atoms with van der Waals surface area (Å²) in [5.74, 6) is -0.409. The molecule has 0 radical (unpaired) electrons. The molecule has 0 aliphatic heterocycles. The lowest BCUT2D eigenvalue weighted by molar-refractivity contribution is 0.0490. The van der Waals surface area contributed by atoms with Crippen LogP contribution in [0.25, 0.3) is 0 Å². The quantitative estimate of drug-likeness (QED) is 0.531. The van der Waals surface area contributed by atoms with Gasteiger partial charge in [0.05, 0.1) is 19.3 Å². The zero-order chi connectivity index (χ0) is 13.2. The smallest absolute Gasteiger partial charge is 0.360 e. The molecule has 1 rings (SSSR count). The Hall–Kier alpha value is -1.43. The molecule has 1 aromatic rings. The van der Waals surface area contributed by atoms with Gasteiger partial charge in [-0.2, -0.15) is 0 Å². The molecule has 2 N–H and O–H groups in total. The van der Waals surface area contributed by atoms with E-state index in [0.29, 0.717) is 19.7 Å². The monoisotopic (exact) mass is 254 g/mol. The molecule has 0 amide bonds. The van der Waals surface area contributed by atoms with Gasteiger partial charge in [0.15, 0.2) is 5.69 Å². The molecule has 0 aromatic carbocycles. The van der Waals surface area contributed by atoms with Crippen molar-refractivity contribution in [1.82, 2.24) is 15.0 Å². The maximum Gasteiger partial charge on any atom is 0.360 e. The van der Waals surface area contributed by atoms with Crippen LogP contribution < -0.4 is 5.73 Å². The van der Waals surface area contributed by atoms with E-state index in [-0.39, 0.29) is 5.69 Å². The third-order valence-electron chi connectivity index (χ3n) is 2.59. The van der Waals surface area contributed by atoms with E-state index >= 15 is 0 Å². The van der Waals surface area contributed by atoms with Crippen molar-refractivity contribution in [2.24, 2.45) is 5.73 Å². The minimum atomic E-state index is -0.409. The number of hydrogen-bond donors (Lipinski definition) is 1. The Balaban J connectivity index is 2.19. The number of aromatic nitrogens is 3. The number of ether oxygens (including phenoxy) is 1. The van der Waals surface area contributed by atoms with Crippen LogP contribution >= 0.6 is 0 Å². The van der Waals surface area contributed by atoms with Gasteiger partial charge in [-0.25, -0.2) is 4.79 Å². The van der Waals surface area contributed by atoms with E-state index in [1.807, 2.05) is 0 Å². The molecule has 102 valence electrons. The summed E-state index contributed by atoms with van der Waals surface area (Å²) >= 11 is 0. The second-order valence-corrected chi connectivity index (χ2v) is 4.21. The zero-order valence-electron chi connectivity index (χ0n) is 11.0. The predicted octanol–water partition coefficient (Wildman–Crippen LogP) is 1.36. The fraction of sp³-hybridized carbons (Fsp3) is 0.750. The van der Waals surface area contributed by atoms with Crippen LogP contribution in [0.5, 0.6) is 0 Å². The third-order valence-corrected chi connectivity index (χ3v) is 2.59. The molecule has 18 heavy (non-hydrogen) atoms. The first-order valence-corrected chi connectivity index (χ1v) is 6.55. The maximum atomic E-state index is 11.6. The largest absolute Gasteiger partial charge is 0.461 e. The van der Waals surface area contributed by atoms with Gasteiger partial charge >= 0.3 is 5.97 Å². The number of nitrogens with zero attached hydrogens (tertiary/aromatic N) is 3.